The van der Waals surface area contributed by atoms with Gasteiger partial charge in [-0.1, -0.05) is 18.2 Å². The maximum atomic E-state index is 13.6. The standard InChI is InChI=1S/C21H23F3N2O3/c1-29-18-4-2-3-16(19(18)27)20(28)25-13-17(14-5-7-15(22)8-6-14)26-11-9-21(23,24)10-12-26/h2-8,17-18H,9-13H2,1H3,(H,25,28). The minimum Gasteiger partial charge on any atom is -0.369 e. The average molecular weight is 408 g/mol. The molecule has 2 aliphatic rings. The number of alkyl halides is 2. The van der Waals surface area contributed by atoms with Crippen LogP contribution in [0, 0.1) is 5.82 Å². The summed E-state index contributed by atoms with van der Waals surface area (Å²) in [6.07, 6.45) is 3.19. The lowest BCUT2D eigenvalue weighted by Crippen LogP contribution is -2.45. The molecule has 0 radical (unpaired) electrons. The van der Waals surface area contributed by atoms with Crippen molar-refractivity contribution in [2.45, 2.75) is 30.9 Å². The van der Waals surface area contributed by atoms with E-state index in [1.807, 2.05) is 4.90 Å². The average Bonchev–Trinajstić information content (AvgIpc) is 2.70. The van der Waals surface area contributed by atoms with Gasteiger partial charge in [0.2, 0.25) is 5.78 Å². The first-order valence-electron chi connectivity index (χ1n) is 9.42. The summed E-state index contributed by atoms with van der Waals surface area (Å²) in [5.74, 6) is -4.11. The summed E-state index contributed by atoms with van der Waals surface area (Å²) in [7, 11) is 1.38. The van der Waals surface area contributed by atoms with Crippen molar-refractivity contribution in [2.24, 2.45) is 0 Å². The Morgan fingerprint density at radius 1 is 1.28 bits per heavy atom. The predicted molar refractivity (Wildman–Crippen MR) is 101 cm³/mol. The smallest absolute Gasteiger partial charge is 0.255 e. The van der Waals surface area contributed by atoms with Crippen molar-refractivity contribution < 1.29 is 27.5 Å². The van der Waals surface area contributed by atoms with Gasteiger partial charge < -0.3 is 10.1 Å². The van der Waals surface area contributed by atoms with Gasteiger partial charge in [0.25, 0.3) is 11.8 Å². The number of carbonyl (C=O) groups is 2. The number of hydrogen-bond donors (Lipinski definition) is 1. The van der Waals surface area contributed by atoms with Gasteiger partial charge in [0.1, 0.15) is 11.9 Å². The molecule has 29 heavy (non-hydrogen) atoms. The molecule has 156 valence electrons. The predicted octanol–water partition coefficient (Wildman–Crippen LogP) is 2.79. The van der Waals surface area contributed by atoms with E-state index in [2.05, 4.69) is 5.32 Å². The second-order valence-electron chi connectivity index (χ2n) is 7.16. The zero-order valence-electron chi connectivity index (χ0n) is 16.0. The van der Waals surface area contributed by atoms with Crippen LogP contribution in [-0.2, 0) is 14.3 Å². The maximum Gasteiger partial charge on any atom is 0.255 e. The van der Waals surface area contributed by atoms with Gasteiger partial charge in [0.15, 0.2) is 0 Å². The number of Topliss-reactive ketones (excluding diaryl/α,β-unsaturated/α-hetero) is 1. The second-order valence-corrected chi connectivity index (χ2v) is 7.16. The summed E-state index contributed by atoms with van der Waals surface area (Å²) in [6.45, 7) is 0.407. The van der Waals surface area contributed by atoms with Crippen LogP contribution in [0.4, 0.5) is 13.2 Å². The Morgan fingerprint density at radius 2 is 1.93 bits per heavy atom. The van der Waals surface area contributed by atoms with Crippen LogP contribution in [0.15, 0.2) is 48.1 Å². The van der Waals surface area contributed by atoms with Crippen LogP contribution in [0.25, 0.3) is 0 Å². The summed E-state index contributed by atoms with van der Waals surface area (Å²) in [5.41, 5.74) is 0.679. The van der Waals surface area contributed by atoms with E-state index in [0.717, 1.165) is 0 Å². The minimum atomic E-state index is -2.70. The third-order valence-electron chi connectivity index (χ3n) is 5.25. The lowest BCUT2D eigenvalue weighted by molar-refractivity contribution is -0.127. The number of halogens is 3. The molecular weight excluding hydrogens is 385 g/mol. The van der Waals surface area contributed by atoms with Crippen LogP contribution in [0.5, 0.6) is 0 Å². The van der Waals surface area contributed by atoms with Crippen LogP contribution >= 0.6 is 0 Å². The van der Waals surface area contributed by atoms with E-state index in [4.69, 9.17) is 4.74 Å². The van der Waals surface area contributed by atoms with Gasteiger partial charge in [-0.15, -0.1) is 0 Å². The highest BCUT2D eigenvalue weighted by Gasteiger charge is 2.37. The van der Waals surface area contributed by atoms with Crippen molar-refractivity contribution in [3.63, 3.8) is 0 Å². The fraction of sp³-hybridized carbons (Fsp3) is 0.429. The van der Waals surface area contributed by atoms with Crippen molar-refractivity contribution in [1.29, 1.82) is 0 Å². The first-order valence-corrected chi connectivity index (χ1v) is 9.42. The highest BCUT2D eigenvalue weighted by Crippen LogP contribution is 2.32. The summed E-state index contributed by atoms with van der Waals surface area (Å²) < 4.78 is 45.5. The highest BCUT2D eigenvalue weighted by atomic mass is 19.3. The SMILES string of the molecule is COC1C=CC=C(C(=O)NCC(c2ccc(F)cc2)N2CCC(F)(F)CC2)C1=O. The zero-order valence-corrected chi connectivity index (χ0v) is 16.0. The molecule has 1 aliphatic heterocycles. The number of piperidine rings is 1. The quantitative estimate of drug-likeness (QED) is 0.736. The van der Waals surface area contributed by atoms with E-state index in [-0.39, 0.29) is 38.0 Å². The monoisotopic (exact) mass is 408 g/mol. The summed E-state index contributed by atoms with van der Waals surface area (Å²) in [4.78, 5) is 26.7. The summed E-state index contributed by atoms with van der Waals surface area (Å²) in [6, 6.07) is 5.33. The van der Waals surface area contributed by atoms with Crippen molar-refractivity contribution in [2.75, 3.05) is 26.7 Å². The molecule has 8 heteroatoms. The number of amides is 1. The molecule has 0 bridgehead atoms. The largest absolute Gasteiger partial charge is 0.369 e. The molecule has 1 fully saturated rings. The Balaban J connectivity index is 1.72. The van der Waals surface area contributed by atoms with E-state index in [1.54, 1.807) is 24.3 Å². The van der Waals surface area contributed by atoms with Crippen LogP contribution in [0.3, 0.4) is 0 Å². The molecule has 2 atom stereocenters. The van der Waals surface area contributed by atoms with Crippen molar-refractivity contribution in [3.05, 3.63) is 59.4 Å². The first-order chi connectivity index (χ1) is 13.8. The molecule has 0 spiro atoms. The molecule has 1 saturated heterocycles. The van der Waals surface area contributed by atoms with Gasteiger partial charge in [0.05, 0.1) is 11.6 Å². The van der Waals surface area contributed by atoms with Gasteiger partial charge >= 0.3 is 0 Å². The van der Waals surface area contributed by atoms with Crippen LogP contribution in [0.2, 0.25) is 0 Å². The Morgan fingerprint density at radius 3 is 2.55 bits per heavy atom. The summed E-state index contributed by atoms with van der Waals surface area (Å²) in [5, 5.41) is 2.72. The first kappa shape index (κ1) is 21.3. The van der Waals surface area contributed by atoms with E-state index >= 15 is 0 Å². The molecule has 1 aromatic rings. The van der Waals surface area contributed by atoms with Crippen molar-refractivity contribution >= 4 is 11.7 Å². The number of hydrogen-bond acceptors (Lipinski definition) is 4. The van der Waals surface area contributed by atoms with Crippen LogP contribution in [-0.4, -0.2) is 55.4 Å². The number of nitrogens with zero attached hydrogens (tertiary/aromatic N) is 1. The van der Waals surface area contributed by atoms with Gasteiger partial charge in [-0.2, -0.15) is 0 Å². The number of ether oxygens (including phenoxy) is 1. The van der Waals surface area contributed by atoms with E-state index in [0.29, 0.717) is 5.56 Å². The number of benzene rings is 1. The van der Waals surface area contributed by atoms with E-state index in [9.17, 15) is 22.8 Å². The number of methoxy groups -OCH3 is 1. The number of allylic oxidation sites excluding steroid dienone is 2. The lowest BCUT2D eigenvalue weighted by Gasteiger charge is -2.37. The highest BCUT2D eigenvalue weighted by molar-refractivity contribution is 6.22. The molecule has 3 rings (SSSR count). The normalized spacial score (nSPS) is 22.8. The molecule has 0 aromatic heterocycles. The number of ketones is 1. The molecular formula is C21H23F3N2O3. The molecule has 1 amide bonds. The number of likely N-dealkylation sites (tertiary alicyclic amines) is 1. The van der Waals surface area contributed by atoms with Gasteiger partial charge in [-0.3, -0.25) is 14.5 Å². The number of rotatable bonds is 6. The Bertz CT molecular complexity index is 811. The Labute approximate surface area is 167 Å². The van der Waals surface area contributed by atoms with Crippen LogP contribution < -0.4 is 5.32 Å². The van der Waals surface area contributed by atoms with Crippen molar-refractivity contribution in [3.8, 4) is 0 Å². The number of carbonyl (C=O) groups excluding carboxylic acids is 2. The Kier molecular flexibility index (Phi) is 6.54. The maximum absolute atomic E-state index is 13.6. The van der Waals surface area contributed by atoms with Crippen molar-refractivity contribution in [1.82, 2.24) is 10.2 Å². The van der Waals surface area contributed by atoms with Gasteiger partial charge in [0, 0.05) is 39.6 Å². The molecule has 1 N–H and O–H groups in total. The molecule has 5 nitrogen and oxygen atoms in total. The lowest BCUT2D eigenvalue weighted by atomic mass is 9.98. The van der Waals surface area contributed by atoms with Gasteiger partial charge in [-0.05, 0) is 29.8 Å². The van der Waals surface area contributed by atoms with E-state index < -0.39 is 35.6 Å². The third kappa shape index (κ3) is 5.13. The zero-order chi connectivity index (χ0) is 21.0. The fourth-order valence-electron chi connectivity index (χ4n) is 3.54. The van der Waals surface area contributed by atoms with Gasteiger partial charge in [-0.25, -0.2) is 13.2 Å². The molecule has 1 heterocycles. The summed E-state index contributed by atoms with van der Waals surface area (Å²) >= 11 is 0. The molecule has 1 aliphatic carbocycles. The topological polar surface area (TPSA) is 58.6 Å². The third-order valence-corrected chi connectivity index (χ3v) is 5.25. The van der Waals surface area contributed by atoms with Crippen LogP contribution in [0.1, 0.15) is 24.4 Å². The second kappa shape index (κ2) is 8.92. The molecule has 1 aromatic carbocycles. The fourth-order valence-corrected chi connectivity index (χ4v) is 3.54. The Hall–Kier alpha value is -2.45. The number of nitrogens with one attached hydrogen (secondary N) is 1. The molecule has 0 saturated carbocycles. The van der Waals surface area contributed by atoms with E-state index in [1.165, 1.54) is 25.3 Å². The molecule has 2 unspecified atom stereocenters. The minimum absolute atomic E-state index is 0.0256.